The molecule has 0 spiro atoms. The molecule has 0 N–H and O–H groups in total. The van der Waals surface area contributed by atoms with Crippen LogP contribution in [0.25, 0.3) is 0 Å². The summed E-state index contributed by atoms with van der Waals surface area (Å²) in [7, 11) is 0. The smallest absolute Gasteiger partial charge is 0.330 e. The van der Waals surface area contributed by atoms with E-state index in [1.54, 1.807) is 0 Å². The van der Waals surface area contributed by atoms with Crippen molar-refractivity contribution in [3.05, 3.63) is 12.7 Å². The van der Waals surface area contributed by atoms with Gasteiger partial charge in [-0.3, -0.25) is 0 Å². The number of rotatable bonds is 7. The Morgan fingerprint density at radius 1 is 1.29 bits per heavy atom. The van der Waals surface area contributed by atoms with Crippen LogP contribution in [0.2, 0.25) is 0 Å². The van der Waals surface area contributed by atoms with Crippen LogP contribution in [0.15, 0.2) is 12.7 Å². The molecule has 0 aromatic carbocycles. The third-order valence-corrected chi connectivity index (χ3v) is 2.13. The standard InChI is InChI=1S/C12H22O2/c1-5-12(13)14-11(4)9-7-6-8-10(2)3/h5,10-11H,1,6-9H2,2-4H3. The Labute approximate surface area is 87.3 Å². The van der Waals surface area contributed by atoms with E-state index in [0.29, 0.717) is 0 Å². The molecular weight excluding hydrogens is 176 g/mol. The molecule has 0 fully saturated rings. The minimum atomic E-state index is -0.318. The van der Waals surface area contributed by atoms with Crippen molar-refractivity contribution >= 4 is 5.97 Å². The summed E-state index contributed by atoms with van der Waals surface area (Å²) in [5, 5.41) is 0. The van der Waals surface area contributed by atoms with E-state index in [1.807, 2.05) is 6.92 Å². The molecule has 0 saturated carbocycles. The van der Waals surface area contributed by atoms with Crippen molar-refractivity contribution in [3.8, 4) is 0 Å². The Morgan fingerprint density at radius 3 is 2.36 bits per heavy atom. The Morgan fingerprint density at radius 2 is 1.86 bits per heavy atom. The lowest BCUT2D eigenvalue weighted by molar-refractivity contribution is -0.142. The number of carbonyl (C=O) groups is 1. The van der Waals surface area contributed by atoms with Gasteiger partial charge in [0.1, 0.15) is 0 Å². The largest absolute Gasteiger partial charge is 0.460 e. The lowest BCUT2D eigenvalue weighted by Crippen LogP contribution is -2.12. The van der Waals surface area contributed by atoms with Crippen molar-refractivity contribution in [1.29, 1.82) is 0 Å². The van der Waals surface area contributed by atoms with E-state index < -0.39 is 0 Å². The maximum absolute atomic E-state index is 10.8. The predicted molar refractivity (Wildman–Crippen MR) is 59.1 cm³/mol. The van der Waals surface area contributed by atoms with Crippen LogP contribution in [-0.2, 0) is 9.53 Å². The zero-order valence-corrected chi connectivity index (χ0v) is 9.58. The van der Waals surface area contributed by atoms with Crippen LogP contribution in [0.3, 0.4) is 0 Å². The lowest BCUT2D eigenvalue weighted by Gasteiger charge is -2.11. The fourth-order valence-corrected chi connectivity index (χ4v) is 1.29. The third-order valence-electron chi connectivity index (χ3n) is 2.13. The fourth-order valence-electron chi connectivity index (χ4n) is 1.29. The summed E-state index contributed by atoms with van der Waals surface area (Å²) in [6.07, 6.45) is 5.78. The van der Waals surface area contributed by atoms with Gasteiger partial charge in [0.2, 0.25) is 0 Å². The number of hydrogen-bond acceptors (Lipinski definition) is 2. The first kappa shape index (κ1) is 13.2. The first-order valence-electron chi connectivity index (χ1n) is 5.39. The number of carbonyl (C=O) groups excluding carboxylic acids is 1. The van der Waals surface area contributed by atoms with Crippen molar-refractivity contribution in [1.82, 2.24) is 0 Å². The highest BCUT2D eigenvalue weighted by atomic mass is 16.5. The summed E-state index contributed by atoms with van der Waals surface area (Å²) in [6.45, 7) is 9.73. The maximum Gasteiger partial charge on any atom is 0.330 e. The normalized spacial score (nSPS) is 12.6. The Balaban J connectivity index is 3.39. The van der Waals surface area contributed by atoms with Crippen LogP contribution < -0.4 is 0 Å². The van der Waals surface area contributed by atoms with Gasteiger partial charge in [0.25, 0.3) is 0 Å². The highest BCUT2D eigenvalue weighted by molar-refractivity contribution is 5.81. The molecule has 2 nitrogen and oxygen atoms in total. The molecule has 0 aliphatic heterocycles. The number of hydrogen-bond donors (Lipinski definition) is 0. The van der Waals surface area contributed by atoms with Gasteiger partial charge in [0, 0.05) is 6.08 Å². The van der Waals surface area contributed by atoms with Crippen LogP contribution in [-0.4, -0.2) is 12.1 Å². The van der Waals surface area contributed by atoms with E-state index in [4.69, 9.17) is 4.74 Å². The molecule has 0 heterocycles. The summed E-state index contributed by atoms with van der Waals surface area (Å²) in [5.41, 5.74) is 0. The highest BCUT2D eigenvalue weighted by Gasteiger charge is 2.05. The average Bonchev–Trinajstić information content (AvgIpc) is 2.12. The van der Waals surface area contributed by atoms with Gasteiger partial charge in [0.15, 0.2) is 0 Å². The summed E-state index contributed by atoms with van der Waals surface area (Å²) in [4.78, 5) is 10.8. The minimum Gasteiger partial charge on any atom is -0.460 e. The van der Waals surface area contributed by atoms with E-state index in [9.17, 15) is 4.79 Å². The maximum atomic E-state index is 10.8. The van der Waals surface area contributed by atoms with Crippen molar-refractivity contribution in [3.63, 3.8) is 0 Å². The highest BCUT2D eigenvalue weighted by Crippen LogP contribution is 2.11. The first-order valence-corrected chi connectivity index (χ1v) is 5.39. The number of esters is 1. The summed E-state index contributed by atoms with van der Waals surface area (Å²) in [5.74, 6) is 0.447. The zero-order chi connectivity index (χ0) is 11.0. The second-order valence-electron chi connectivity index (χ2n) is 4.13. The molecule has 0 aliphatic rings. The van der Waals surface area contributed by atoms with Crippen molar-refractivity contribution in [2.45, 2.75) is 52.6 Å². The molecule has 0 amide bonds. The molecule has 0 bridgehead atoms. The summed E-state index contributed by atoms with van der Waals surface area (Å²) in [6, 6.07) is 0. The van der Waals surface area contributed by atoms with Crippen molar-refractivity contribution in [2.75, 3.05) is 0 Å². The topological polar surface area (TPSA) is 26.3 Å². The van der Waals surface area contributed by atoms with Gasteiger partial charge in [-0.2, -0.15) is 0 Å². The molecule has 0 saturated heterocycles. The minimum absolute atomic E-state index is 0.0210. The van der Waals surface area contributed by atoms with Crippen LogP contribution in [0.4, 0.5) is 0 Å². The average molecular weight is 198 g/mol. The molecule has 0 rings (SSSR count). The quantitative estimate of drug-likeness (QED) is 0.356. The summed E-state index contributed by atoms with van der Waals surface area (Å²) < 4.78 is 5.05. The first-order chi connectivity index (χ1) is 6.56. The van der Waals surface area contributed by atoms with Crippen LogP contribution in [0.1, 0.15) is 46.5 Å². The van der Waals surface area contributed by atoms with Gasteiger partial charge in [-0.15, -0.1) is 0 Å². The number of ether oxygens (including phenoxy) is 1. The molecule has 0 aromatic rings. The van der Waals surface area contributed by atoms with E-state index in [-0.39, 0.29) is 12.1 Å². The Kier molecular flexibility index (Phi) is 7.17. The van der Waals surface area contributed by atoms with Gasteiger partial charge in [-0.05, 0) is 25.7 Å². The van der Waals surface area contributed by atoms with Gasteiger partial charge >= 0.3 is 5.97 Å². The Bertz CT molecular complexity index is 173. The van der Waals surface area contributed by atoms with Crippen LogP contribution >= 0.6 is 0 Å². The lowest BCUT2D eigenvalue weighted by atomic mass is 10.0. The number of unbranched alkanes of at least 4 members (excludes halogenated alkanes) is 1. The second kappa shape index (κ2) is 7.60. The van der Waals surface area contributed by atoms with E-state index in [2.05, 4.69) is 20.4 Å². The van der Waals surface area contributed by atoms with Crippen LogP contribution in [0.5, 0.6) is 0 Å². The SMILES string of the molecule is C=CC(=O)OC(C)CCCCC(C)C. The van der Waals surface area contributed by atoms with Crippen molar-refractivity contribution in [2.24, 2.45) is 5.92 Å². The molecule has 1 unspecified atom stereocenters. The van der Waals surface area contributed by atoms with Gasteiger partial charge in [0.05, 0.1) is 6.10 Å². The van der Waals surface area contributed by atoms with Crippen LogP contribution in [0, 0.1) is 5.92 Å². The van der Waals surface area contributed by atoms with E-state index in [1.165, 1.54) is 18.9 Å². The molecule has 0 radical (unpaired) electrons. The monoisotopic (exact) mass is 198 g/mol. The molecule has 2 heteroatoms. The molecular formula is C12H22O2. The predicted octanol–water partition coefficient (Wildman–Crippen LogP) is 3.32. The third kappa shape index (κ3) is 7.84. The summed E-state index contributed by atoms with van der Waals surface area (Å²) >= 11 is 0. The zero-order valence-electron chi connectivity index (χ0n) is 9.58. The second-order valence-corrected chi connectivity index (χ2v) is 4.13. The fraction of sp³-hybridized carbons (Fsp3) is 0.750. The van der Waals surface area contributed by atoms with Gasteiger partial charge < -0.3 is 4.74 Å². The van der Waals surface area contributed by atoms with Crippen molar-refractivity contribution < 1.29 is 9.53 Å². The van der Waals surface area contributed by atoms with Gasteiger partial charge in [-0.25, -0.2) is 4.79 Å². The van der Waals surface area contributed by atoms with E-state index >= 15 is 0 Å². The molecule has 0 aliphatic carbocycles. The van der Waals surface area contributed by atoms with Gasteiger partial charge in [-0.1, -0.05) is 33.3 Å². The molecule has 82 valence electrons. The molecule has 0 aromatic heterocycles. The molecule has 14 heavy (non-hydrogen) atoms. The molecule has 1 atom stereocenters. The van der Waals surface area contributed by atoms with E-state index in [0.717, 1.165) is 18.8 Å². The Hall–Kier alpha value is -0.790.